The van der Waals surface area contributed by atoms with E-state index in [1.165, 1.54) is 24.8 Å². The second kappa shape index (κ2) is 8.76. The number of fused-ring (bicyclic) bond motifs is 2. The predicted octanol–water partition coefficient (Wildman–Crippen LogP) is 5.98. The van der Waals surface area contributed by atoms with Crippen LogP contribution in [-0.4, -0.2) is 3.21 Å². The molecule has 0 radical (unpaired) electrons. The van der Waals surface area contributed by atoms with E-state index < -0.39 is 0 Å². The van der Waals surface area contributed by atoms with E-state index in [1.54, 1.807) is 24.2 Å². The van der Waals surface area contributed by atoms with Crippen LogP contribution in [0.3, 0.4) is 0 Å². The molecule has 0 amide bonds. The van der Waals surface area contributed by atoms with Gasteiger partial charge in [-0.2, -0.15) is 35.0 Å². The van der Waals surface area contributed by atoms with Crippen LogP contribution in [0.15, 0.2) is 84.9 Å². The van der Waals surface area contributed by atoms with Crippen molar-refractivity contribution in [2.75, 3.05) is 0 Å². The molecule has 0 N–H and O–H groups in total. The first-order chi connectivity index (χ1) is 10.7. The Hall–Kier alpha value is -1.59. The summed E-state index contributed by atoms with van der Waals surface area (Å²) in [5, 5.41) is 5.32. The number of rotatable bonds is 0. The Morgan fingerprint density at radius 3 is 1.45 bits per heavy atom. The molecule has 0 saturated carbocycles. The summed E-state index contributed by atoms with van der Waals surface area (Å²) in [6.07, 6.45) is 0. The summed E-state index contributed by atoms with van der Waals surface area (Å²) in [5.41, 5.74) is 0. The third kappa shape index (κ3) is 5.31. The first-order valence-electron chi connectivity index (χ1n) is 7.39. The van der Waals surface area contributed by atoms with Crippen LogP contribution in [0.25, 0.3) is 21.5 Å². The maximum Gasteiger partial charge on any atom is -0.0809 e. The SMILES string of the molecule is C[C](C)=[Zr].[H-].c1ccc2[cH-]ccc2c1.c1ccc2[cH-]ccc2c1. The molecule has 1 heteroatoms. The summed E-state index contributed by atoms with van der Waals surface area (Å²) in [7, 11) is 0. The van der Waals surface area contributed by atoms with Crippen LogP contribution in [0.2, 0.25) is 0 Å². The molecule has 0 nitrogen and oxygen atoms in total. The number of hydrogen-bond donors (Lipinski definition) is 0. The zero-order valence-corrected chi connectivity index (χ0v) is 15.5. The van der Waals surface area contributed by atoms with Gasteiger partial charge in [-0.1, -0.05) is 12.1 Å². The van der Waals surface area contributed by atoms with Crippen LogP contribution in [0, 0.1) is 0 Å². The Morgan fingerprint density at radius 1 is 0.727 bits per heavy atom. The van der Waals surface area contributed by atoms with Crippen LogP contribution in [0.5, 0.6) is 0 Å². The van der Waals surface area contributed by atoms with Gasteiger partial charge in [-0.15, -0.1) is 59.3 Å². The van der Waals surface area contributed by atoms with Gasteiger partial charge in [-0.25, -0.2) is 0 Å². The van der Waals surface area contributed by atoms with Gasteiger partial charge in [-0.05, 0) is 0 Å². The van der Waals surface area contributed by atoms with Gasteiger partial charge in [0, 0.05) is 0 Å². The second-order valence-electron chi connectivity index (χ2n) is 5.31. The van der Waals surface area contributed by atoms with E-state index in [9.17, 15) is 0 Å². The summed E-state index contributed by atoms with van der Waals surface area (Å²) in [5.74, 6) is 0. The van der Waals surface area contributed by atoms with E-state index >= 15 is 0 Å². The molecule has 0 bridgehead atoms. The Balaban J connectivity index is 0.000000182. The summed E-state index contributed by atoms with van der Waals surface area (Å²) < 4.78 is 1.51. The molecule has 4 rings (SSSR count). The van der Waals surface area contributed by atoms with Crippen LogP contribution >= 0.6 is 0 Å². The van der Waals surface area contributed by atoms with Crippen molar-refractivity contribution in [1.29, 1.82) is 0 Å². The van der Waals surface area contributed by atoms with Gasteiger partial charge in [0.2, 0.25) is 0 Å². The monoisotopic (exact) mass is 363 g/mol. The van der Waals surface area contributed by atoms with Gasteiger partial charge in [0.1, 0.15) is 0 Å². The molecule has 0 saturated heterocycles. The molecule has 4 aromatic carbocycles. The minimum absolute atomic E-state index is 0. The van der Waals surface area contributed by atoms with E-state index in [-0.39, 0.29) is 1.43 Å². The fraction of sp³-hybridized carbons (Fsp3) is 0.0952. The van der Waals surface area contributed by atoms with Gasteiger partial charge >= 0.3 is 41.3 Å². The van der Waals surface area contributed by atoms with Crippen molar-refractivity contribution < 1.29 is 25.7 Å². The summed E-state index contributed by atoms with van der Waals surface area (Å²) in [6, 6.07) is 29.3. The largest absolute Gasteiger partial charge is 1.00 e. The Bertz CT molecular complexity index is 708. The maximum atomic E-state index is 2.12. The predicted molar refractivity (Wildman–Crippen MR) is 96.5 cm³/mol. The maximum absolute atomic E-state index is 2.12. The molecule has 0 atom stereocenters. The minimum Gasteiger partial charge on any atom is -1.00 e. The zero-order chi connectivity index (χ0) is 15.8. The molecule has 0 aliphatic carbocycles. The van der Waals surface area contributed by atoms with E-state index in [1.807, 2.05) is 0 Å². The topological polar surface area (TPSA) is 0 Å². The van der Waals surface area contributed by atoms with Crippen LogP contribution in [0.1, 0.15) is 15.3 Å². The van der Waals surface area contributed by atoms with Gasteiger partial charge in [0.15, 0.2) is 0 Å². The molecule has 112 valence electrons. The molecule has 0 heterocycles. The molecule has 0 unspecified atom stereocenters. The molecule has 0 aliphatic rings. The molecular weight excluding hydrogens is 343 g/mol. The quantitative estimate of drug-likeness (QED) is 0.337. The normalized spacial score (nSPS) is 9.50. The fourth-order valence-electron chi connectivity index (χ4n) is 2.14. The molecular formula is C21H21Zr-3. The van der Waals surface area contributed by atoms with Crippen LogP contribution in [-0.2, 0) is 24.2 Å². The first kappa shape index (κ1) is 16.8. The molecule has 4 aromatic rings. The summed E-state index contributed by atoms with van der Waals surface area (Å²) >= 11 is 1.55. The first-order valence-corrected chi connectivity index (χ1v) is 8.62. The average molecular weight is 365 g/mol. The van der Waals surface area contributed by atoms with Gasteiger partial charge in [0.25, 0.3) is 0 Å². The van der Waals surface area contributed by atoms with Crippen molar-refractivity contribution in [2.24, 2.45) is 0 Å². The average Bonchev–Trinajstić information content (AvgIpc) is 3.16. The van der Waals surface area contributed by atoms with E-state index in [0.717, 1.165) is 0 Å². The standard InChI is InChI=1S/2C9H7.C3H6.Zr.H/c2*1-2-5-9-7-3-6-8(9)4-1;1-3-2;;/h2*1-7H;1-2H3;;/q2*-1;;;-1. The Morgan fingerprint density at radius 2 is 1.09 bits per heavy atom. The number of benzene rings is 2. The van der Waals surface area contributed by atoms with E-state index in [4.69, 9.17) is 0 Å². The molecule has 0 spiro atoms. The van der Waals surface area contributed by atoms with Gasteiger partial charge < -0.3 is 1.43 Å². The van der Waals surface area contributed by atoms with E-state index in [2.05, 4.69) is 98.8 Å². The summed E-state index contributed by atoms with van der Waals surface area (Å²) in [4.78, 5) is 0. The van der Waals surface area contributed by atoms with Crippen molar-refractivity contribution >= 4 is 24.8 Å². The van der Waals surface area contributed by atoms with Crippen molar-refractivity contribution in [1.82, 2.24) is 0 Å². The van der Waals surface area contributed by atoms with Crippen molar-refractivity contribution in [3.8, 4) is 0 Å². The third-order valence-electron chi connectivity index (χ3n) is 3.10. The van der Waals surface area contributed by atoms with Crippen molar-refractivity contribution in [3.63, 3.8) is 0 Å². The van der Waals surface area contributed by atoms with Crippen molar-refractivity contribution in [3.05, 3.63) is 84.9 Å². The third-order valence-corrected chi connectivity index (χ3v) is 3.10. The molecule has 0 aromatic heterocycles. The van der Waals surface area contributed by atoms with Gasteiger partial charge in [-0.3, -0.25) is 0 Å². The van der Waals surface area contributed by atoms with E-state index in [0.29, 0.717) is 0 Å². The van der Waals surface area contributed by atoms with Crippen molar-refractivity contribution in [2.45, 2.75) is 13.8 Å². The molecule has 0 aliphatic heterocycles. The second-order valence-corrected chi connectivity index (χ2v) is 7.77. The fourth-order valence-corrected chi connectivity index (χ4v) is 2.14. The van der Waals surface area contributed by atoms with Gasteiger partial charge in [0.05, 0.1) is 0 Å². The van der Waals surface area contributed by atoms with Crippen LogP contribution in [0.4, 0.5) is 0 Å². The summed E-state index contributed by atoms with van der Waals surface area (Å²) in [6.45, 7) is 4.25. The number of hydrogen-bond acceptors (Lipinski definition) is 0. The minimum atomic E-state index is 0. The molecule has 22 heavy (non-hydrogen) atoms. The Kier molecular flexibility index (Phi) is 6.68. The molecule has 0 fully saturated rings. The zero-order valence-electron chi connectivity index (χ0n) is 14.1. The van der Waals surface area contributed by atoms with Crippen LogP contribution < -0.4 is 0 Å². The smallest absolute Gasteiger partial charge is 0.0809 e. The Labute approximate surface area is 148 Å².